The second-order valence-corrected chi connectivity index (χ2v) is 7.02. The lowest BCUT2D eigenvalue weighted by atomic mass is 10.1. The fraction of sp³-hybridized carbons (Fsp3) is 0.444. The monoisotopic (exact) mass is 331 g/mol. The van der Waals surface area contributed by atoms with E-state index in [0.29, 0.717) is 6.04 Å². The van der Waals surface area contributed by atoms with E-state index in [1.165, 1.54) is 10.6 Å². The summed E-state index contributed by atoms with van der Waals surface area (Å²) in [6, 6.07) is 13.1. The van der Waals surface area contributed by atoms with Crippen LogP contribution in [0.3, 0.4) is 0 Å². The first-order chi connectivity index (χ1) is 11.2. The van der Waals surface area contributed by atoms with Gasteiger partial charge in [-0.05, 0) is 42.6 Å². The molecule has 0 radical (unpaired) electrons. The summed E-state index contributed by atoms with van der Waals surface area (Å²) in [6.45, 7) is 6.24. The quantitative estimate of drug-likeness (QED) is 0.914. The van der Waals surface area contributed by atoms with Gasteiger partial charge in [0.05, 0.1) is 13.2 Å². The van der Waals surface area contributed by atoms with Gasteiger partial charge in [0.2, 0.25) is 0 Å². The first kappa shape index (κ1) is 16.3. The van der Waals surface area contributed by atoms with Crippen LogP contribution in [0.15, 0.2) is 41.8 Å². The highest BCUT2D eigenvalue weighted by Crippen LogP contribution is 2.29. The van der Waals surface area contributed by atoms with Gasteiger partial charge in [-0.15, -0.1) is 11.3 Å². The molecule has 0 saturated carbocycles. The lowest BCUT2D eigenvalue weighted by Crippen LogP contribution is -2.50. The SMILES string of the molecule is COc1ccc(N2CCN(C(c3cccs3)C(C)N)CC2)cc1. The van der Waals surface area contributed by atoms with E-state index >= 15 is 0 Å². The van der Waals surface area contributed by atoms with Crippen molar-refractivity contribution in [3.05, 3.63) is 46.7 Å². The number of thiophene rings is 1. The number of methoxy groups -OCH3 is 1. The molecule has 1 saturated heterocycles. The van der Waals surface area contributed by atoms with E-state index < -0.39 is 0 Å². The third-order valence-corrected chi connectivity index (χ3v) is 5.42. The predicted molar refractivity (Wildman–Crippen MR) is 97.5 cm³/mol. The number of nitrogens with zero attached hydrogens (tertiary/aromatic N) is 2. The Bertz CT molecular complexity index is 589. The molecule has 1 aromatic carbocycles. The van der Waals surface area contributed by atoms with Crippen LogP contribution < -0.4 is 15.4 Å². The highest BCUT2D eigenvalue weighted by atomic mass is 32.1. The standard InChI is InChI=1S/C18H25N3OS/c1-14(19)18(17-4-3-13-23-17)21-11-9-20(10-12-21)15-5-7-16(22-2)8-6-15/h3-8,13-14,18H,9-12,19H2,1-2H3. The molecule has 5 heteroatoms. The first-order valence-corrected chi connectivity index (χ1v) is 8.99. The Morgan fingerprint density at radius 1 is 1.09 bits per heavy atom. The first-order valence-electron chi connectivity index (χ1n) is 8.11. The summed E-state index contributed by atoms with van der Waals surface area (Å²) in [6.07, 6.45) is 0. The van der Waals surface area contributed by atoms with Gasteiger partial charge in [-0.3, -0.25) is 4.90 Å². The molecule has 1 aliphatic heterocycles. The maximum Gasteiger partial charge on any atom is 0.119 e. The Morgan fingerprint density at radius 2 is 1.78 bits per heavy atom. The number of hydrogen-bond donors (Lipinski definition) is 1. The molecule has 2 aromatic rings. The molecule has 1 aliphatic rings. The number of nitrogens with two attached hydrogens (primary N) is 1. The smallest absolute Gasteiger partial charge is 0.119 e. The molecule has 0 spiro atoms. The molecule has 4 nitrogen and oxygen atoms in total. The van der Waals surface area contributed by atoms with Crippen LogP contribution in [0.2, 0.25) is 0 Å². The highest BCUT2D eigenvalue weighted by Gasteiger charge is 2.28. The fourth-order valence-corrected chi connectivity index (χ4v) is 4.26. The second kappa shape index (κ2) is 7.34. The fourth-order valence-electron chi connectivity index (χ4n) is 3.28. The molecular formula is C18H25N3OS. The van der Waals surface area contributed by atoms with Crippen LogP contribution >= 0.6 is 11.3 Å². The van der Waals surface area contributed by atoms with Gasteiger partial charge in [0, 0.05) is 42.8 Å². The Kier molecular flexibility index (Phi) is 5.20. The van der Waals surface area contributed by atoms with Crippen molar-refractivity contribution in [2.24, 2.45) is 5.73 Å². The van der Waals surface area contributed by atoms with Gasteiger partial charge in [0.25, 0.3) is 0 Å². The highest BCUT2D eigenvalue weighted by molar-refractivity contribution is 7.10. The third-order valence-electron chi connectivity index (χ3n) is 4.48. The Labute approximate surface area is 142 Å². The lowest BCUT2D eigenvalue weighted by molar-refractivity contribution is 0.169. The summed E-state index contributed by atoms with van der Waals surface area (Å²) in [5.74, 6) is 0.905. The summed E-state index contributed by atoms with van der Waals surface area (Å²) in [5.41, 5.74) is 7.54. The molecule has 3 rings (SSSR count). The minimum atomic E-state index is 0.140. The van der Waals surface area contributed by atoms with Crippen LogP contribution in [0, 0.1) is 0 Å². The summed E-state index contributed by atoms with van der Waals surface area (Å²) >= 11 is 1.81. The zero-order valence-corrected chi connectivity index (χ0v) is 14.6. The molecule has 1 aromatic heterocycles. The van der Waals surface area contributed by atoms with E-state index in [1.807, 2.05) is 12.1 Å². The minimum absolute atomic E-state index is 0.140. The Hall–Kier alpha value is -1.56. The largest absolute Gasteiger partial charge is 0.497 e. The van der Waals surface area contributed by atoms with Gasteiger partial charge in [-0.1, -0.05) is 6.07 Å². The number of piperazine rings is 1. The van der Waals surface area contributed by atoms with E-state index in [-0.39, 0.29) is 6.04 Å². The molecule has 1 fully saturated rings. The van der Waals surface area contributed by atoms with Crippen LogP contribution in [-0.2, 0) is 0 Å². The molecule has 23 heavy (non-hydrogen) atoms. The van der Waals surface area contributed by atoms with Crippen molar-refractivity contribution < 1.29 is 4.74 Å². The normalized spacial score (nSPS) is 18.7. The van der Waals surface area contributed by atoms with Crippen molar-refractivity contribution in [3.63, 3.8) is 0 Å². The summed E-state index contributed by atoms with van der Waals surface area (Å²) in [5, 5.41) is 2.14. The summed E-state index contributed by atoms with van der Waals surface area (Å²) in [4.78, 5) is 6.33. The molecule has 0 bridgehead atoms. The van der Waals surface area contributed by atoms with Crippen LogP contribution in [0.4, 0.5) is 5.69 Å². The molecule has 2 heterocycles. The molecule has 2 N–H and O–H groups in total. The van der Waals surface area contributed by atoms with Gasteiger partial charge in [0.1, 0.15) is 5.75 Å². The molecule has 2 atom stereocenters. The minimum Gasteiger partial charge on any atom is -0.497 e. The summed E-state index contributed by atoms with van der Waals surface area (Å²) in [7, 11) is 1.70. The van der Waals surface area contributed by atoms with Gasteiger partial charge in [0.15, 0.2) is 0 Å². The van der Waals surface area contributed by atoms with E-state index in [1.54, 1.807) is 18.4 Å². The zero-order chi connectivity index (χ0) is 16.2. The van der Waals surface area contributed by atoms with E-state index in [4.69, 9.17) is 10.5 Å². The van der Waals surface area contributed by atoms with Crippen molar-refractivity contribution in [3.8, 4) is 5.75 Å². The van der Waals surface area contributed by atoms with Crippen molar-refractivity contribution in [1.82, 2.24) is 4.90 Å². The number of rotatable bonds is 5. The van der Waals surface area contributed by atoms with Gasteiger partial charge < -0.3 is 15.4 Å². The topological polar surface area (TPSA) is 41.7 Å². The number of anilines is 1. The molecule has 0 amide bonds. The van der Waals surface area contributed by atoms with E-state index in [2.05, 4.69) is 46.4 Å². The Balaban J connectivity index is 1.65. The van der Waals surface area contributed by atoms with Gasteiger partial charge in [-0.2, -0.15) is 0 Å². The van der Waals surface area contributed by atoms with Crippen LogP contribution in [0.25, 0.3) is 0 Å². The van der Waals surface area contributed by atoms with Crippen molar-refractivity contribution in [1.29, 1.82) is 0 Å². The Morgan fingerprint density at radius 3 is 2.30 bits per heavy atom. The lowest BCUT2D eigenvalue weighted by Gasteiger charge is -2.41. The third kappa shape index (κ3) is 3.68. The average molecular weight is 331 g/mol. The van der Waals surface area contributed by atoms with Crippen molar-refractivity contribution >= 4 is 17.0 Å². The van der Waals surface area contributed by atoms with Crippen LogP contribution in [0.1, 0.15) is 17.8 Å². The summed E-state index contributed by atoms with van der Waals surface area (Å²) < 4.78 is 5.23. The molecule has 2 unspecified atom stereocenters. The maximum atomic E-state index is 6.27. The number of hydrogen-bond acceptors (Lipinski definition) is 5. The van der Waals surface area contributed by atoms with Crippen LogP contribution in [-0.4, -0.2) is 44.2 Å². The second-order valence-electron chi connectivity index (χ2n) is 6.04. The van der Waals surface area contributed by atoms with Gasteiger partial charge >= 0.3 is 0 Å². The number of ether oxygens (including phenoxy) is 1. The van der Waals surface area contributed by atoms with E-state index in [9.17, 15) is 0 Å². The van der Waals surface area contributed by atoms with Crippen molar-refractivity contribution in [2.75, 3.05) is 38.2 Å². The maximum absolute atomic E-state index is 6.27. The van der Waals surface area contributed by atoms with Crippen LogP contribution in [0.5, 0.6) is 5.75 Å². The van der Waals surface area contributed by atoms with Crippen molar-refractivity contribution in [2.45, 2.75) is 19.0 Å². The molecular weight excluding hydrogens is 306 g/mol. The predicted octanol–water partition coefficient (Wildman–Crippen LogP) is 2.97. The molecule has 0 aliphatic carbocycles. The molecule has 124 valence electrons. The van der Waals surface area contributed by atoms with Gasteiger partial charge in [-0.25, -0.2) is 0 Å². The van der Waals surface area contributed by atoms with E-state index in [0.717, 1.165) is 31.9 Å². The average Bonchev–Trinajstić information content (AvgIpc) is 3.09. The number of benzene rings is 1. The zero-order valence-electron chi connectivity index (χ0n) is 13.8.